The first-order valence-corrected chi connectivity index (χ1v) is 7.18. The van der Waals surface area contributed by atoms with Crippen molar-refractivity contribution < 1.29 is 4.74 Å². The van der Waals surface area contributed by atoms with Crippen LogP contribution in [0.2, 0.25) is 0 Å². The molecule has 17 heavy (non-hydrogen) atoms. The summed E-state index contributed by atoms with van der Waals surface area (Å²) in [6, 6.07) is 0.240. The van der Waals surface area contributed by atoms with E-state index in [-0.39, 0.29) is 6.04 Å². The number of rotatable bonds is 4. The van der Waals surface area contributed by atoms with Gasteiger partial charge in [0.25, 0.3) is 0 Å². The van der Waals surface area contributed by atoms with Crippen molar-refractivity contribution in [2.24, 2.45) is 22.5 Å². The molecule has 5 atom stereocenters. The van der Waals surface area contributed by atoms with Crippen LogP contribution < -0.4 is 5.73 Å². The van der Waals surface area contributed by atoms with Crippen LogP contribution in [-0.2, 0) is 4.74 Å². The number of ether oxygens (including phenoxy) is 1. The molecule has 0 aromatic heterocycles. The van der Waals surface area contributed by atoms with E-state index in [4.69, 9.17) is 10.5 Å². The van der Waals surface area contributed by atoms with Crippen molar-refractivity contribution in [3.8, 4) is 0 Å². The predicted molar refractivity (Wildman–Crippen MR) is 71.8 cm³/mol. The molecule has 2 saturated carbocycles. The molecule has 5 unspecified atom stereocenters. The van der Waals surface area contributed by atoms with Crippen LogP contribution in [0.15, 0.2) is 0 Å². The minimum Gasteiger partial charge on any atom is -0.375 e. The van der Waals surface area contributed by atoms with Gasteiger partial charge in [-0.15, -0.1) is 0 Å². The zero-order valence-corrected chi connectivity index (χ0v) is 12.1. The Morgan fingerprint density at radius 1 is 1.29 bits per heavy atom. The molecule has 0 aromatic carbocycles. The van der Waals surface area contributed by atoms with Gasteiger partial charge in [-0.05, 0) is 56.3 Å². The van der Waals surface area contributed by atoms with Gasteiger partial charge < -0.3 is 10.5 Å². The second-order valence-electron chi connectivity index (χ2n) is 7.26. The van der Waals surface area contributed by atoms with E-state index in [9.17, 15) is 0 Å². The molecule has 2 bridgehead atoms. The van der Waals surface area contributed by atoms with Gasteiger partial charge in [0, 0.05) is 6.04 Å². The lowest BCUT2D eigenvalue weighted by Crippen LogP contribution is -2.39. The van der Waals surface area contributed by atoms with E-state index in [1.165, 1.54) is 19.3 Å². The van der Waals surface area contributed by atoms with Crippen molar-refractivity contribution >= 4 is 0 Å². The molecule has 0 radical (unpaired) electrons. The zero-order valence-electron chi connectivity index (χ0n) is 12.1. The molecule has 2 N–H and O–H groups in total. The van der Waals surface area contributed by atoms with E-state index in [0.29, 0.717) is 23.0 Å². The second kappa shape index (κ2) is 4.24. The third-order valence-electron chi connectivity index (χ3n) is 5.81. The topological polar surface area (TPSA) is 35.2 Å². The molecule has 0 aromatic rings. The number of nitrogens with two attached hydrogens (primary N) is 1. The van der Waals surface area contributed by atoms with E-state index < -0.39 is 0 Å². The average molecular weight is 239 g/mol. The quantitative estimate of drug-likeness (QED) is 0.816. The van der Waals surface area contributed by atoms with E-state index in [1.54, 1.807) is 0 Å². The third kappa shape index (κ3) is 2.04. The monoisotopic (exact) mass is 239 g/mol. The molecule has 100 valence electrons. The van der Waals surface area contributed by atoms with Crippen LogP contribution in [0.5, 0.6) is 0 Å². The highest BCUT2D eigenvalue weighted by Crippen LogP contribution is 2.66. The number of fused-ring (bicyclic) bond motifs is 2. The highest BCUT2D eigenvalue weighted by atomic mass is 16.5. The second-order valence-corrected chi connectivity index (χ2v) is 7.26. The normalized spacial score (nSPS) is 42.7. The summed E-state index contributed by atoms with van der Waals surface area (Å²) < 4.78 is 6.31. The first kappa shape index (κ1) is 13.4. The smallest absolute Gasteiger partial charge is 0.0640 e. The third-order valence-corrected chi connectivity index (χ3v) is 5.81. The summed E-state index contributed by atoms with van der Waals surface area (Å²) in [7, 11) is 0. The molecule has 2 aliphatic carbocycles. The minimum atomic E-state index is 0.240. The molecule has 0 saturated heterocycles. The van der Waals surface area contributed by atoms with Gasteiger partial charge in [-0.1, -0.05) is 20.8 Å². The Hall–Kier alpha value is -0.0800. The van der Waals surface area contributed by atoms with Crippen molar-refractivity contribution in [1.29, 1.82) is 0 Å². The van der Waals surface area contributed by atoms with Gasteiger partial charge in [0.2, 0.25) is 0 Å². The summed E-state index contributed by atoms with van der Waals surface area (Å²) in [6.45, 7) is 11.5. The first-order chi connectivity index (χ1) is 7.77. The van der Waals surface area contributed by atoms with Gasteiger partial charge in [0.15, 0.2) is 0 Å². The highest BCUT2D eigenvalue weighted by Gasteiger charge is 2.62. The van der Waals surface area contributed by atoms with Gasteiger partial charge in [-0.25, -0.2) is 0 Å². The fourth-order valence-corrected chi connectivity index (χ4v) is 4.20. The molecule has 2 fully saturated rings. The average Bonchev–Trinajstić information content (AvgIpc) is 2.49. The van der Waals surface area contributed by atoms with Gasteiger partial charge >= 0.3 is 0 Å². The minimum absolute atomic E-state index is 0.240. The van der Waals surface area contributed by atoms with Crippen LogP contribution in [-0.4, -0.2) is 18.2 Å². The number of hydrogen-bond donors (Lipinski definition) is 1. The zero-order chi connectivity index (χ0) is 12.8. The van der Waals surface area contributed by atoms with Crippen molar-refractivity contribution in [2.45, 2.75) is 78.6 Å². The van der Waals surface area contributed by atoms with Crippen molar-refractivity contribution in [1.82, 2.24) is 0 Å². The molecule has 0 amide bonds. The Bertz CT molecular complexity index is 287. The molecular formula is C15H29NO. The molecule has 0 aliphatic heterocycles. The lowest BCUT2D eigenvalue weighted by atomic mass is 9.70. The SMILES string of the molecule is CC(N)CC(C)OC1CC2CCC1(C)C2(C)C. The van der Waals surface area contributed by atoms with Gasteiger partial charge in [0.05, 0.1) is 12.2 Å². The lowest BCUT2D eigenvalue weighted by Gasteiger charge is -2.40. The molecule has 2 heteroatoms. The van der Waals surface area contributed by atoms with Crippen molar-refractivity contribution in [3.05, 3.63) is 0 Å². The van der Waals surface area contributed by atoms with Crippen LogP contribution in [0.4, 0.5) is 0 Å². The summed E-state index contributed by atoms with van der Waals surface area (Å²) in [5.74, 6) is 0.861. The van der Waals surface area contributed by atoms with Crippen LogP contribution in [0.3, 0.4) is 0 Å². The molecule has 2 aliphatic rings. The maximum atomic E-state index is 6.31. The summed E-state index contributed by atoms with van der Waals surface area (Å²) in [5, 5.41) is 0. The largest absolute Gasteiger partial charge is 0.375 e. The van der Waals surface area contributed by atoms with Crippen molar-refractivity contribution in [3.63, 3.8) is 0 Å². The first-order valence-electron chi connectivity index (χ1n) is 7.18. The maximum Gasteiger partial charge on any atom is 0.0640 e. The summed E-state index contributed by atoms with van der Waals surface area (Å²) >= 11 is 0. The fourth-order valence-electron chi connectivity index (χ4n) is 4.20. The standard InChI is InChI=1S/C15H29NO/c1-10(16)8-11(2)17-13-9-12-6-7-15(13,5)14(12,3)4/h10-13H,6-9,16H2,1-5H3. The Labute approximate surface area is 106 Å². The van der Waals surface area contributed by atoms with Crippen LogP contribution in [0.25, 0.3) is 0 Å². The van der Waals surface area contributed by atoms with E-state index in [2.05, 4.69) is 34.6 Å². The molecule has 2 rings (SSSR count). The molecular weight excluding hydrogens is 210 g/mol. The van der Waals surface area contributed by atoms with Crippen LogP contribution in [0, 0.1) is 16.7 Å². The maximum absolute atomic E-state index is 6.31. The fraction of sp³-hybridized carbons (Fsp3) is 1.00. The highest BCUT2D eigenvalue weighted by molar-refractivity contribution is 5.11. The Balaban J connectivity index is 2.01. The van der Waals surface area contributed by atoms with Gasteiger partial charge in [-0.2, -0.15) is 0 Å². The molecule has 0 heterocycles. The summed E-state index contributed by atoms with van der Waals surface area (Å²) in [5.41, 5.74) is 6.68. The van der Waals surface area contributed by atoms with E-state index in [1.807, 2.05) is 0 Å². The van der Waals surface area contributed by atoms with E-state index >= 15 is 0 Å². The predicted octanol–water partition coefficient (Wildman–Crippen LogP) is 3.34. The molecule has 2 nitrogen and oxygen atoms in total. The van der Waals surface area contributed by atoms with E-state index in [0.717, 1.165) is 12.3 Å². The van der Waals surface area contributed by atoms with Gasteiger partial charge in [0.1, 0.15) is 0 Å². The number of hydrogen-bond acceptors (Lipinski definition) is 2. The lowest BCUT2D eigenvalue weighted by molar-refractivity contribution is -0.0834. The molecule has 0 spiro atoms. The Kier molecular flexibility index (Phi) is 3.33. The summed E-state index contributed by atoms with van der Waals surface area (Å²) in [6.07, 6.45) is 5.70. The Morgan fingerprint density at radius 2 is 1.94 bits per heavy atom. The Morgan fingerprint density at radius 3 is 2.35 bits per heavy atom. The van der Waals surface area contributed by atoms with Crippen molar-refractivity contribution in [2.75, 3.05) is 0 Å². The van der Waals surface area contributed by atoms with Gasteiger partial charge in [-0.3, -0.25) is 0 Å². The van der Waals surface area contributed by atoms with Crippen LogP contribution >= 0.6 is 0 Å². The summed E-state index contributed by atoms with van der Waals surface area (Å²) in [4.78, 5) is 0. The van der Waals surface area contributed by atoms with Crippen LogP contribution in [0.1, 0.15) is 60.3 Å².